The van der Waals surface area contributed by atoms with Crippen molar-refractivity contribution in [3.8, 4) is 17.0 Å². The molecule has 3 N–H and O–H groups in total. The van der Waals surface area contributed by atoms with E-state index in [1.807, 2.05) is 58.9 Å². The van der Waals surface area contributed by atoms with Crippen molar-refractivity contribution >= 4 is 23.0 Å². The van der Waals surface area contributed by atoms with Gasteiger partial charge in [-0.1, -0.05) is 0 Å². The molecule has 7 heteroatoms. The Morgan fingerprint density at radius 1 is 1.07 bits per heavy atom. The highest BCUT2D eigenvalue weighted by Crippen LogP contribution is 2.28. The molecule has 0 spiro atoms. The summed E-state index contributed by atoms with van der Waals surface area (Å²) in [5.41, 5.74) is 3.89. The molecule has 2 amide bonds. The summed E-state index contributed by atoms with van der Waals surface area (Å²) >= 11 is 0. The van der Waals surface area contributed by atoms with Crippen LogP contribution in [0, 0.1) is 13.8 Å². The van der Waals surface area contributed by atoms with Gasteiger partial charge < -0.3 is 10.4 Å². The zero-order valence-corrected chi connectivity index (χ0v) is 16.1. The van der Waals surface area contributed by atoms with E-state index in [4.69, 9.17) is 0 Å². The second kappa shape index (κ2) is 6.83. The second-order valence-electron chi connectivity index (χ2n) is 7.58. The minimum Gasteiger partial charge on any atom is -0.507 e. The number of pyridine rings is 1. The third-order valence-electron chi connectivity index (χ3n) is 3.92. The number of carbonyl (C=O) groups excluding carboxylic acids is 1. The molecular formula is C20H23N5O2. The first-order chi connectivity index (χ1) is 12.6. The first-order valence-electron chi connectivity index (χ1n) is 8.66. The summed E-state index contributed by atoms with van der Waals surface area (Å²) in [4.78, 5) is 25.3. The molecule has 3 rings (SSSR count). The summed E-state index contributed by atoms with van der Waals surface area (Å²) < 4.78 is 0. The number of aromatic nitrogens is 3. The fourth-order valence-corrected chi connectivity index (χ4v) is 2.71. The molecule has 0 radical (unpaired) electrons. The molecule has 1 aromatic carbocycles. The monoisotopic (exact) mass is 365 g/mol. The van der Waals surface area contributed by atoms with Crippen LogP contribution >= 0.6 is 0 Å². The van der Waals surface area contributed by atoms with Crippen molar-refractivity contribution in [3.63, 3.8) is 0 Å². The molecule has 0 unspecified atom stereocenters. The number of anilines is 1. The SMILES string of the molecule is Cc1cc(-c2ccc3ncc(NC(=O)NC(C)(C)C)nc3n2)cc(C)c1O. The highest BCUT2D eigenvalue weighted by Gasteiger charge is 2.14. The van der Waals surface area contributed by atoms with Crippen LogP contribution in [0.2, 0.25) is 0 Å². The Bertz CT molecular complexity index is 1000. The van der Waals surface area contributed by atoms with Crippen molar-refractivity contribution in [2.45, 2.75) is 40.2 Å². The summed E-state index contributed by atoms with van der Waals surface area (Å²) in [6.07, 6.45) is 1.50. The molecule has 0 saturated heterocycles. The van der Waals surface area contributed by atoms with Crippen LogP contribution in [-0.4, -0.2) is 31.6 Å². The maximum absolute atomic E-state index is 12.0. The topological polar surface area (TPSA) is 100 Å². The first-order valence-corrected chi connectivity index (χ1v) is 8.66. The fraction of sp³-hybridized carbons (Fsp3) is 0.300. The average Bonchev–Trinajstić information content (AvgIpc) is 2.56. The maximum Gasteiger partial charge on any atom is 0.320 e. The largest absolute Gasteiger partial charge is 0.507 e. The van der Waals surface area contributed by atoms with E-state index < -0.39 is 0 Å². The maximum atomic E-state index is 12.0. The number of hydrogen-bond acceptors (Lipinski definition) is 5. The van der Waals surface area contributed by atoms with Gasteiger partial charge in [-0.15, -0.1) is 0 Å². The van der Waals surface area contributed by atoms with Crippen LogP contribution < -0.4 is 10.6 Å². The Kier molecular flexibility index (Phi) is 4.70. The molecule has 7 nitrogen and oxygen atoms in total. The Balaban J connectivity index is 1.94. The molecule has 0 atom stereocenters. The number of aryl methyl sites for hydroxylation is 2. The molecule has 2 heterocycles. The van der Waals surface area contributed by atoms with Crippen LogP contribution in [0.4, 0.5) is 10.6 Å². The highest BCUT2D eigenvalue weighted by molar-refractivity contribution is 5.89. The van der Waals surface area contributed by atoms with Crippen molar-refractivity contribution in [1.29, 1.82) is 0 Å². The second-order valence-corrected chi connectivity index (χ2v) is 7.58. The number of phenols is 1. The predicted octanol–water partition coefficient (Wildman–Crippen LogP) is 3.93. The summed E-state index contributed by atoms with van der Waals surface area (Å²) in [6, 6.07) is 7.10. The number of carbonyl (C=O) groups is 1. The van der Waals surface area contributed by atoms with Crippen molar-refractivity contribution in [2.24, 2.45) is 0 Å². The van der Waals surface area contributed by atoms with Gasteiger partial charge in [0, 0.05) is 11.1 Å². The third kappa shape index (κ3) is 4.31. The van der Waals surface area contributed by atoms with E-state index in [2.05, 4.69) is 25.6 Å². The number of nitrogens with one attached hydrogen (secondary N) is 2. The Morgan fingerprint density at radius 3 is 2.37 bits per heavy atom. The van der Waals surface area contributed by atoms with Crippen LogP contribution in [0.3, 0.4) is 0 Å². The lowest BCUT2D eigenvalue weighted by Crippen LogP contribution is -2.43. The van der Waals surface area contributed by atoms with Crippen LogP contribution in [0.1, 0.15) is 31.9 Å². The molecule has 2 aromatic heterocycles. The van der Waals surface area contributed by atoms with E-state index in [-0.39, 0.29) is 17.3 Å². The van der Waals surface area contributed by atoms with Crippen LogP contribution in [-0.2, 0) is 0 Å². The van der Waals surface area contributed by atoms with Crippen molar-refractivity contribution < 1.29 is 9.90 Å². The summed E-state index contributed by atoms with van der Waals surface area (Å²) in [5.74, 6) is 0.614. The molecule has 27 heavy (non-hydrogen) atoms. The molecule has 140 valence electrons. The van der Waals surface area contributed by atoms with Crippen molar-refractivity contribution in [3.05, 3.63) is 41.6 Å². The standard InChI is InChI=1S/C20H23N5O2/c1-11-8-13(9-12(2)17(11)26)14-6-7-15-18(22-14)23-16(10-21-15)24-19(27)25-20(3,4)5/h6-10,26H,1-5H3,(H2,22,23,24,25,27). The predicted molar refractivity (Wildman–Crippen MR) is 106 cm³/mol. The van der Waals surface area contributed by atoms with Crippen molar-refractivity contribution in [2.75, 3.05) is 5.32 Å². The fourth-order valence-electron chi connectivity index (χ4n) is 2.71. The van der Waals surface area contributed by atoms with Crippen LogP contribution in [0.15, 0.2) is 30.5 Å². The number of aromatic hydroxyl groups is 1. The van der Waals surface area contributed by atoms with Gasteiger partial charge in [0.25, 0.3) is 0 Å². The zero-order chi connectivity index (χ0) is 19.8. The van der Waals surface area contributed by atoms with E-state index >= 15 is 0 Å². The Morgan fingerprint density at radius 2 is 1.74 bits per heavy atom. The van der Waals surface area contributed by atoms with Gasteiger partial charge in [0.2, 0.25) is 0 Å². The van der Waals surface area contributed by atoms with Crippen LogP contribution in [0.5, 0.6) is 5.75 Å². The van der Waals surface area contributed by atoms with Gasteiger partial charge in [-0.25, -0.2) is 19.7 Å². The number of fused-ring (bicyclic) bond motifs is 1. The van der Waals surface area contributed by atoms with Gasteiger partial charge in [0.15, 0.2) is 11.5 Å². The minimum atomic E-state index is -0.353. The summed E-state index contributed by atoms with van der Waals surface area (Å²) in [6.45, 7) is 9.39. The van der Waals surface area contributed by atoms with Gasteiger partial charge in [-0.05, 0) is 70.0 Å². The van der Waals surface area contributed by atoms with E-state index in [0.717, 1.165) is 22.4 Å². The molecule has 0 fully saturated rings. The Hall–Kier alpha value is -3.22. The quantitative estimate of drug-likeness (QED) is 0.639. The highest BCUT2D eigenvalue weighted by atomic mass is 16.3. The van der Waals surface area contributed by atoms with E-state index in [9.17, 15) is 9.90 Å². The number of urea groups is 1. The number of nitrogens with zero attached hydrogens (tertiary/aromatic N) is 3. The van der Waals surface area contributed by atoms with Gasteiger partial charge in [0.1, 0.15) is 11.3 Å². The molecular weight excluding hydrogens is 342 g/mol. The zero-order valence-electron chi connectivity index (χ0n) is 16.1. The number of hydrogen-bond donors (Lipinski definition) is 3. The van der Waals surface area contributed by atoms with E-state index in [1.54, 1.807) is 0 Å². The lowest BCUT2D eigenvalue weighted by Gasteiger charge is -2.20. The summed E-state index contributed by atoms with van der Waals surface area (Å²) in [5, 5.41) is 15.4. The molecule has 0 saturated carbocycles. The number of phenolic OH excluding ortho intramolecular Hbond substituents is 1. The lowest BCUT2D eigenvalue weighted by molar-refractivity contribution is 0.243. The number of amides is 2. The molecule has 0 aliphatic heterocycles. The third-order valence-corrected chi connectivity index (χ3v) is 3.92. The first kappa shape index (κ1) is 18.6. The number of benzene rings is 1. The summed E-state index contributed by atoms with van der Waals surface area (Å²) in [7, 11) is 0. The minimum absolute atomic E-state index is 0.288. The Labute approximate surface area is 157 Å². The molecule has 0 aliphatic rings. The van der Waals surface area contributed by atoms with Gasteiger partial charge in [-0.2, -0.15) is 0 Å². The van der Waals surface area contributed by atoms with Crippen molar-refractivity contribution in [1.82, 2.24) is 20.3 Å². The smallest absolute Gasteiger partial charge is 0.320 e. The lowest BCUT2D eigenvalue weighted by atomic mass is 10.0. The van der Waals surface area contributed by atoms with Gasteiger partial charge in [0.05, 0.1) is 11.9 Å². The van der Waals surface area contributed by atoms with E-state index in [1.165, 1.54) is 6.20 Å². The van der Waals surface area contributed by atoms with Gasteiger partial charge in [-0.3, -0.25) is 5.32 Å². The molecule has 0 bridgehead atoms. The van der Waals surface area contributed by atoms with Gasteiger partial charge >= 0.3 is 6.03 Å². The average molecular weight is 365 g/mol. The normalized spacial score (nSPS) is 11.4. The van der Waals surface area contributed by atoms with Crippen LogP contribution in [0.25, 0.3) is 22.4 Å². The number of rotatable bonds is 2. The molecule has 0 aliphatic carbocycles. The van der Waals surface area contributed by atoms with E-state index in [0.29, 0.717) is 17.0 Å². The molecule has 3 aromatic rings.